The molecule has 3 aromatic rings. The van der Waals surface area contributed by atoms with Gasteiger partial charge in [0.15, 0.2) is 0 Å². The number of carbonyl (C=O) groups is 2. The van der Waals surface area contributed by atoms with Gasteiger partial charge in [0.2, 0.25) is 11.8 Å². The van der Waals surface area contributed by atoms with Crippen molar-refractivity contribution in [3.05, 3.63) is 101 Å². The first-order valence-electron chi connectivity index (χ1n) is 11.5. The predicted molar refractivity (Wildman–Crippen MR) is 133 cm³/mol. The van der Waals surface area contributed by atoms with Gasteiger partial charge in [-0.2, -0.15) is 0 Å². The smallest absolute Gasteiger partial charge is 0.247 e. The summed E-state index contributed by atoms with van der Waals surface area (Å²) in [7, 11) is 0. The van der Waals surface area contributed by atoms with Crippen LogP contribution in [0.15, 0.2) is 84.9 Å². The fraction of sp³-hybridized carbons (Fsp3) is 0.259. The molecule has 3 unspecified atom stereocenters. The van der Waals surface area contributed by atoms with Gasteiger partial charge in [0, 0.05) is 31.2 Å². The van der Waals surface area contributed by atoms with E-state index in [2.05, 4.69) is 27.8 Å². The number of benzene rings is 3. The van der Waals surface area contributed by atoms with E-state index in [-0.39, 0.29) is 29.7 Å². The van der Waals surface area contributed by atoms with E-state index in [4.69, 9.17) is 11.6 Å². The first-order chi connectivity index (χ1) is 16.6. The zero-order valence-electron chi connectivity index (χ0n) is 18.7. The van der Waals surface area contributed by atoms with E-state index in [0.717, 1.165) is 11.3 Å². The molecular weight excluding hydrogens is 448 g/mol. The molecule has 174 valence electrons. The van der Waals surface area contributed by atoms with Crippen molar-refractivity contribution in [2.45, 2.75) is 19.1 Å². The standard InChI is InChI=1S/C27H27ClN4O2/c28-21-13-11-19(12-14-21)15-29-26(33)23-17-31(16-20-7-3-1-4-8-20)18-24-25(23)30-32(27(24)34)22-9-5-2-6-10-22/h1-14,23-25,30H,15-18H2,(H,29,33). The highest BCUT2D eigenvalue weighted by atomic mass is 35.5. The number of fused-ring (bicyclic) bond motifs is 1. The zero-order chi connectivity index (χ0) is 23.5. The Morgan fingerprint density at radius 2 is 1.59 bits per heavy atom. The molecule has 7 heteroatoms. The van der Waals surface area contributed by atoms with Crippen LogP contribution in [0.3, 0.4) is 0 Å². The summed E-state index contributed by atoms with van der Waals surface area (Å²) in [4.78, 5) is 29.0. The molecule has 3 atom stereocenters. The highest BCUT2D eigenvalue weighted by molar-refractivity contribution is 6.30. The summed E-state index contributed by atoms with van der Waals surface area (Å²) in [5.41, 5.74) is 6.29. The quantitative estimate of drug-likeness (QED) is 0.572. The molecule has 2 N–H and O–H groups in total. The number of halogens is 1. The van der Waals surface area contributed by atoms with Crippen molar-refractivity contribution in [3.63, 3.8) is 0 Å². The van der Waals surface area contributed by atoms with Crippen molar-refractivity contribution >= 4 is 29.1 Å². The van der Waals surface area contributed by atoms with Crippen LogP contribution in [0.4, 0.5) is 5.69 Å². The van der Waals surface area contributed by atoms with Gasteiger partial charge in [-0.15, -0.1) is 0 Å². The van der Waals surface area contributed by atoms with E-state index >= 15 is 0 Å². The van der Waals surface area contributed by atoms with Gasteiger partial charge in [0.05, 0.1) is 23.6 Å². The number of nitrogens with zero attached hydrogens (tertiary/aromatic N) is 2. The number of piperidine rings is 1. The van der Waals surface area contributed by atoms with Crippen LogP contribution >= 0.6 is 11.6 Å². The third-order valence-corrected chi connectivity index (χ3v) is 6.82. The molecule has 0 aliphatic carbocycles. The maximum absolute atomic E-state index is 13.4. The van der Waals surface area contributed by atoms with Gasteiger partial charge in [-0.05, 0) is 35.4 Å². The lowest BCUT2D eigenvalue weighted by Crippen LogP contribution is -2.56. The van der Waals surface area contributed by atoms with Crippen LogP contribution in [0.5, 0.6) is 0 Å². The molecule has 0 aromatic heterocycles. The Labute approximate surface area is 204 Å². The molecule has 0 saturated carbocycles. The minimum Gasteiger partial charge on any atom is -0.352 e. The van der Waals surface area contributed by atoms with Gasteiger partial charge in [-0.3, -0.25) is 14.5 Å². The topological polar surface area (TPSA) is 64.7 Å². The minimum atomic E-state index is -0.368. The lowest BCUT2D eigenvalue weighted by molar-refractivity contribution is -0.130. The molecule has 5 rings (SSSR count). The SMILES string of the molecule is O=C(NCc1ccc(Cl)cc1)C1CN(Cc2ccccc2)CC2C(=O)N(c3ccccc3)NC12. The summed E-state index contributed by atoms with van der Waals surface area (Å²) < 4.78 is 0. The highest BCUT2D eigenvalue weighted by Gasteiger charge is 2.50. The largest absolute Gasteiger partial charge is 0.352 e. The van der Waals surface area contributed by atoms with Crippen molar-refractivity contribution in [2.75, 3.05) is 18.1 Å². The van der Waals surface area contributed by atoms with Crippen molar-refractivity contribution in [1.29, 1.82) is 0 Å². The molecule has 2 amide bonds. The number of para-hydroxylation sites is 1. The maximum atomic E-state index is 13.4. The average Bonchev–Trinajstić information content (AvgIpc) is 3.20. The lowest BCUT2D eigenvalue weighted by Gasteiger charge is -2.38. The number of likely N-dealkylation sites (tertiary alicyclic amines) is 1. The number of nitrogens with one attached hydrogen (secondary N) is 2. The molecule has 0 spiro atoms. The number of carbonyl (C=O) groups excluding carboxylic acids is 2. The molecule has 0 bridgehead atoms. The Kier molecular flexibility index (Phi) is 6.63. The molecule has 2 saturated heterocycles. The third-order valence-electron chi connectivity index (χ3n) is 6.57. The van der Waals surface area contributed by atoms with Crippen LogP contribution in [0, 0.1) is 11.8 Å². The maximum Gasteiger partial charge on any atom is 0.247 e. The molecule has 2 heterocycles. The Balaban J connectivity index is 1.36. The first kappa shape index (κ1) is 22.6. The Bertz CT molecular complexity index is 1140. The summed E-state index contributed by atoms with van der Waals surface area (Å²) in [5.74, 6) is -0.723. The van der Waals surface area contributed by atoms with Crippen LogP contribution in [0.25, 0.3) is 0 Å². The number of anilines is 1. The molecule has 2 aliphatic heterocycles. The van der Waals surface area contributed by atoms with E-state index in [1.165, 1.54) is 5.56 Å². The Morgan fingerprint density at radius 1 is 0.912 bits per heavy atom. The average molecular weight is 475 g/mol. The Morgan fingerprint density at radius 3 is 2.29 bits per heavy atom. The summed E-state index contributed by atoms with van der Waals surface area (Å²) in [5, 5.41) is 5.35. The number of amides is 2. The van der Waals surface area contributed by atoms with Gasteiger partial charge < -0.3 is 5.32 Å². The number of rotatable bonds is 6. The van der Waals surface area contributed by atoms with Crippen molar-refractivity contribution in [3.8, 4) is 0 Å². The van der Waals surface area contributed by atoms with Gasteiger partial charge >= 0.3 is 0 Å². The molecule has 34 heavy (non-hydrogen) atoms. The fourth-order valence-electron chi connectivity index (χ4n) is 4.85. The van der Waals surface area contributed by atoms with Crippen molar-refractivity contribution in [2.24, 2.45) is 11.8 Å². The first-order valence-corrected chi connectivity index (χ1v) is 11.9. The van der Waals surface area contributed by atoms with E-state index in [9.17, 15) is 9.59 Å². The van der Waals surface area contributed by atoms with Crippen molar-refractivity contribution < 1.29 is 9.59 Å². The Hall–Kier alpha value is -3.19. The second-order valence-corrected chi connectivity index (χ2v) is 9.34. The molecule has 2 aliphatic rings. The monoisotopic (exact) mass is 474 g/mol. The predicted octanol–water partition coefficient (Wildman–Crippen LogP) is 3.62. The van der Waals surface area contributed by atoms with Crippen molar-refractivity contribution in [1.82, 2.24) is 15.6 Å². The molecular formula is C27H27ClN4O2. The van der Waals surface area contributed by atoms with E-state index in [1.807, 2.05) is 72.8 Å². The molecule has 0 radical (unpaired) electrons. The summed E-state index contributed by atoms with van der Waals surface area (Å²) in [6, 6.07) is 26.9. The minimum absolute atomic E-state index is 0.00413. The van der Waals surface area contributed by atoms with E-state index in [0.29, 0.717) is 31.2 Å². The molecule has 3 aromatic carbocycles. The molecule has 6 nitrogen and oxygen atoms in total. The highest BCUT2D eigenvalue weighted by Crippen LogP contribution is 2.32. The van der Waals surface area contributed by atoms with Crippen LogP contribution < -0.4 is 15.8 Å². The fourth-order valence-corrected chi connectivity index (χ4v) is 4.97. The van der Waals surface area contributed by atoms with Crippen LogP contribution in [-0.4, -0.2) is 35.8 Å². The second kappa shape index (κ2) is 9.97. The number of hydrazine groups is 1. The summed E-state index contributed by atoms with van der Waals surface area (Å²) >= 11 is 5.98. The van der Waals surface area contributed by atoms with Crippen LogP contribution in [0.1, 0.15) is 11.1 Å². The van der Waals surface area contributed by atoms with Gasteiger partial charge in [0.1, 0.15) is 0 Å². The van der Waals surface area contributed by atoms with E-state index < -0.39 is 0 Å². The van der Waals surface area contributed by atoms with Gasteiger partial charge in [-0.1, -0.05) is 72.3 Å². The third kappa shape index (κ3) is 4.85. The molecule has 2 fully saturated rings. The summed E-state index contributed by atoms with van der Waals surface area (Å²) in [6.45, 7) is 2.30. The number of hydrogen-bond donors (Lipinski definition) is 2. The second-order valence-electron chi connectivity index (χ2n) is 8.90. The number of hydrogen-bond acceptors (Lipinski definition) is 4. The van der Waals surface area contributed by atoms with Gasteiger partial charge in [0.25, 0.3) is 0 Å². The van der Waals surface area contributed by atoms with Crippen LogP contribution in [-0.2, 0) is 22.7 Å². The lowest BCUT2D eigenvalue weighted by atomic mass is 9.83. The summed E-state index contributed by atoms with van der Waals surface area (Å²) in [6.07, 6.45) is 0. The normalized spacial score (nSPS) is 22.4. The van der Waals surface area contributed by atoms with E-state index in [1.54, 1.807) is 5.01 Å². The zero-order valence-corrected chi connectivity index (χ0v) is 19.5. The van der Waals surface area contributed by atoms with Gasteiger partial charge in [-0.25, -0.2) is 10.4 Å². The van der Waals surface area contributed by atoms with Crippen LogP contribution in [0.2, 0.25) is 5.02 Å².